The van der Waals surface area contributed by atoms with Crippen LogP contribution in [0.1, 0.15) is 64.7 Å². The third-order valence-electron chi connectivity index (χ3n) is 4.79. The zero-order valence-corrected chi connectivity index (χ0v) is 19.7. The van der Waals surface area contributed by atoms with Crippen LogP contribution >= 0.6 is 11.6 Å². The first-order valence-electron chi connectivity index (χ1n) is 10.4. The Bertz CT molecular complexity index is 809. The highest BCUT2D eigenvalue weighted by molar-refractivity contribution is 6.31. The summed E-state index contributed by atoms with van der Waals surface area (Å²) in [6.45, 7) is 17.0. The van der Waals surface area contributed by atoms with Crippen LogP contribution in [0.4, 0.5) is 0 Å². The second-order valence-corrected chi connectivity index (χ2v) is 9.92. The van der Waals surface area contributed by atoms with Crippen LogP contribution in [0.15, 0.2) is 36.4 Å². The standard InChI is InChI=1S/C25H36ClNO2/c1-8-28-22-13-20(15-27-25(6,7)17-24(3,4)5)21(26)14-23(22)29-16-19-12-10-9-11-18(19)2/h9-14,27H,8,15-17H2,1-7H3. The van der Waals surface area contributed by atoms with Crippen molar-refractivity contribution in [3.8, 4) is 11.5 Å². The molecule has 0 atom stereocenters. The fraction of sp³-hybridized carbons (Fsp3) is 0.520. The van der Waals surface area contributed by atoms with E-state index in [9.17, 15) is 0 Å². The van der Waals surface area contributed by atoms with Gasteiger partial charge in [0.15, 0.2) is 11.5 Å². The Hall–Kier alpha value is -1.71. The molecule has 0 aliphatic rings. The van der Waals surface area contributed by atoms with Gasteiger partial charge in [0.1, 0.15) is 6.61 Å². The fourth-order valence-corrected chi connectivity index (χ4v) is 3.96. The van der Waals surface area contributed by atoms with Gasteiger partial charge in [0.05, 0.1) is 6.61 Å². The third-order valence-corrected chi connectivity index (χ3v) is 5.14. The zero-order chi connectivity index (χ0) is 21.7. The Morgan fingerprint density at radius 1 is 0.931 bits per heavy atom. The summed E-state index contributed by atoms with van der Waals surface area (Å²) in [5.74, 6) is 1.41. The van der Waals surface area contributed by atoms with Crippen molar-refractivity contribution in [3.05, 3.63) is 58.1 Å². The summed E-state index contributed by atoms with van der Waals surface area (Å²) in [5, 5.41) is 4.33. The molecule has 0 saturated heterocycles. The average Bonchev–Trinajstić information content (AvgIpc) is 2.60. The Morgan fingerprint density at radius 3 is 2.21 bits per heavy atom. The van der Waals surface area contributed by atoms with Crippen molar-refractivity contribution in [2.45, 2.75) is 73.6 Å². The molecule has 0 heterocycles. The third kappa shape index (κ3) is 7.56. The van der Waals surface area contributed by atoms with E-state index in [1.54, 1.807) is 0 Å². The van der Waals surface area contributed by atoms with Gasteiger partial charge in [0.25, 0.3) is 0 Å². The van der Waals surface area contributed by atoms with E-state index < -0.39 is 0 Å². The van der Waals surface area contributed by atoms with Crippen molar-refractivity contribution < 1.29 is 9.47 Å². The summed E-state index contributed by atoms with van der Waals surface area (Å²) in [6.07, 6.45) is 1.06. The van der Waals surface area contributed by atoms with Crippen molar-refractivity contribution in [1.29, 1.82) is 0 Å². The maximum absolute atomic E-state index is 6.60. The number of rotatable bonds is 9. The highest BCUT2D eigenvalue weighted by atomic mass is 35.5. The van der Waals surface area contributed by atoms with Crippen molar-refractivity contribution in [2.75, 3.05) is 6.61 Å². The smallest absolute Gasteiger partial charge is 0.163 e. The predicted octanol–water partition coefficient (Wildman–Crippen LogP) is 6.93. The molecule has 0 aliphatic carbocycles. The summed E-state index contributed by atoms with van der Waals surface area (Å²) in [4.78, 5) is 0. The van der Waals surface area contributed by atoms with E-state index >= 15 is 0 Å². The molecule has 0 amide bonds. The molecule has 160 valence electrons. The lowest BCUT2D eigenvalue weighted by Gasteiger charge is -2.33. The maximum Gasteiger partial charge on any atom is 0.163 e. The monoisotopic (exact) mass is 417 g/mol. The lowest BCUT2D eigenvalue weighted by molar-refractivity contribution is 0.240. The van der Waals surface area contributed by atoms with E-state index in [-0.39, 0.29) is 11.0 Å². The Morgan fingerprint density at radius 2 is 1.59 bits per heavy atom. The van der Waals surface area contributed by atoms with Crippen LogP contribution in [0.5, 0.6) is 11.5 Å². The fourth-order valence-electron chi connectivity index (χ4n) is 3.74. The second kappa shape index (κ2) is 9.86. The summed E-state index contributed by atoms with van der Waals surface area (Å²) in [6, 6.07) is 12.1. The largest absolute Gasteiger partial charge is 0.490 e. The molecule has 0 unspecified atom stereocenters. The van der Waals surface area contributed by atoms with Gasteiger partial charge < -0.3 is 14.8 Å². The molecule has 0 aromatic heterocycles. The molecule has 0 aliphatic heterocycles. The summed E-state index contributed by atoms with van der Waals surface area (Å²) in [5.41, 5.74) is 3.64. The van der Waals surface area contributed by atoms with Crippen molar-refractivity contribution in [2.24, 2.45) is 5.41 Å². The number of halogens is 1. The topological polar surface area (TPSA) is 30.5 Å². The number of hydrogen-bond donors (Lipinski definition) is 1. The van der Waals surface area contributed by atoms with Gasteiger partial charge in [-0.2, -0.15) is 0 Å². The maximum atomic E-state index is 6.60. The first kappa shape index (κ1) is 23.6. The molecule has 4 heteroatoms. The minimum Gasteiger partial charge on any atom is -0.490 e. The van der Waals surface area contributed by atoms with Gasteiger partial charge in [-0.05, 0) is 62.3 Å². The highest BCUT2D eigenvalue weighted by Gasteiger charge is 2.25. The molecule has 1 N–H and O–H groups in total. The summed E-state index contributed by atoms with van der Waals surface area (Å²) < 4.78 is 11.9. The van der Waals surface area contributed by atoms with Crippen molar-refractivity contribution in [1.82, 2.24) is 5.32 Å². The van der Waals surface area contributed by atoms with Gasteiger partial charge in [-0.3, -0.25) is 0 Å². The number of benzene rings is 2. The molecule has 0 saturated carbocycles. The Balaban J connectivity index is 2.15. The van der Waals surface area contributed by atoms with Crippen LogP contribution in [0, 0.1) is 12.3 Å². The minimum absolute atomic E-state index is 0.00730. The lowest BCUT2D eigenvalue weighted by atomic mass is 9.82. The number of aryl methyl sites for hydroxylation is 1. The average molecular weight is 418 g/mol. The van der Waals surface area contributed by atoms with E-state index in [0.717, 1.165) is 23.3 Å². The van der Waals surface area contributed by atoms with Crippen LogP contribution in [0.2, 0.25) is 5.02 Å². The molecular formula is C25H36ClNO2. The lowest BCUT2D eigenvalue weighted by Crippen LogP contribution is -2.41. The molecule has 0 fully saturated rings. The van der Waals surface area contributed by atoms with E-state index in [1.165, 1.54) is 5.56 Å². The zero-order valence-electron chi connectivity index (χ0n) is 19.0. The first-order valence-corrected chi connectivity index (χ1v) is 10.8. The van der Waals surface area contributed by atoms with E-state index in [2.05, 4.69) is 59.0 Å². The quantitative estimate of drug-likeness (QED) is 0.479. The van der Waals surface area contributed by atoms with Gasteiger partial charge in [0.2, 0.25) is 0 Å². The van der Waals surface area contributed by atoms with Crippen LogP contribution in [0.25, 0.3) is 0 Å². The Kier molecular flexibility index (Phi) is 8.02. The number of hydrogen-bond acceptors (Lipinski definition) is 3. The molecular weight excluding hydrogens is 382 g/mol. The Labute approximate surface area is 181 Å². The van der Waals surface area contributed by atoms with Gasteiger partial charge in [-0.25, -0.2) is 0 Å². The van der Waals surface area contributed by atoms with Gasteiger partial charge >= 0.3 is 0 Å². The summed E-state index contributed by atoms with van der Waals surface area (Å²) in [7, 11) is 0. The van der Waals surface area contributed by atoms with Gasteiger partial charge in [-0.1, -0.05) is 56.6 Å². The first-order chi connectivity index (χ1) is 13.5. The normalized spacial score (nSPS) is 12.1. The van der Waals surface area contributed by atoms with Crippen molar-refractivity contribution in [3.63, 3.8) is 0 Å². The molecule has 29 heavy (non-hydrogen) atoms. The number of ether oxygens (including phenoxy) is 2. The number of nitrogens with one attached hydrogen (secondary N) is 1. The van der Waals surface area contributed by atoms with E-state index in [0.29, 0.717) is 30.5 Å². The van der Waals surface area contributed by atoms with Crippen molar-refractivity contribution >= 4 is 11.6 Å². The van der Waals surface area contributed by atoms with E-state index in [1.807, 2.05) is 31.2 Å². The molecule has 2 rings (SSSR count). The molecule has 0 spiro atoms. The van der Waals surface area contributed by atoms with Gasteiger partial charge in [-0.15, -0.1) is 0 Å². The molecule has 0 bridgehead atoms. The molecule has 2 aromatic carbocycles. The predicted molar refractivity (Wildman–Crippen MR) is 123 cm³/mol. The van der Waals surface area contributed by atoms with Crippen LogP contribution < -0.4 is 14.8 Å². The minimum atomic E-state index is 0.00730. The van der Waals surface area contributed by atoms with Crippen LogP contribution in [0.3, 0.4) is 0 Å². The molecule has 2 aromatic rings. The SMILES string of the molecule is CCOc1cc(CNC(C)(C)CC(C)(C)C)c(Cl)cc1OCc1ccccc1C. The molecule has 0 radical (unpaired) electrons. The second-order valence-electron chi connectivity index (χ2n) is 9.51. The molecule has 3 nitrogen and oxygen atoms in total. The van der Waals surface area contributed by atoms with Crippen LogP contribution in [-0.4, -0.2) is 12.1 Å². The summed E-state index contributed by atoms with van der Waals surface area (Å²) >= 11 is 6.60. The van der Waals surface area contributed by atoms with Gasteiger partial charge in [0, 0.05) is 23.2 Å². The van der Waals surface area contributed by atoms with Crippen LogP contribution in [-0.2, 0) is 13.2 Å². The van der Waals surface area contributed by atoms with E-state index in [4.69, 9.17) is 21.1 Å². The highest BCUT2D eigenvalue weighted by Crippen LogP contribution is 2.35.